The molecular formula is C14H20N2O. The van der Waals surface area contributed by atoms with E-state index in [2.05, 4.69) is 35.3 Å². The van der Waals surface area contributed by atoms with Crippen LogP contribution in [0.3, 0.4) is 0 Å². The number of para-hydroxylation sites is 1. The molecule has 1 aliphatic rings. The number of carbonyl (C=O) groups excluding carboxylic acids is 1. The van der Waals surface area contributed by atoms with E-state index in [9.17, 15) is 4.79 Å². The summed E-state index contributed by atoms with van der Waals surface area (Å²) < 4.78 is 0. The first kappa shape index (κ1) is 12.0. The highest BCUT2D eigenvalue weighted by molar-refractivity contribution is 5.82. The highest BCUT2D eigenvalue weighted by atomic mass is 16.2. The lowest BCUT2D eigenvalue weighted by Crippen LogP contribution is -2.42. The van der Waals surface area contributed by atoms with Gasteiger partial charge in [0, 0.05) is 17.8 Å². The molecule has 1 aromatic carbocycles. The molecule has 92 valence electrons. The fourth-order valence-electron chi connectivity index (χ4n) is 2.39. The van der Waals surface area contributed by atoms with Crippen LogP contribution in [0.5, 0.6) is 0 Å². The lowest BCUT2D eigenvalue weighted by Gasteiger charge is -2.24. The summed E-state index contributed by atoms with van der Waals surface area (Å²) in [6.07, 6.45) is 1.03. The molecule has 17 heavy (non-hydrogen) atoms. The van der Waals surface area contributed by atoms with E-state index in [1.807, 2.05) is 19.9 Å². The zero-order valence-electron chi connectivity index (χ0n) is 10.7. The Balaban J connectivity index is 2.09. The van der Waals surface area contributed by atoms with Crippen LogP contribution < -0.4 is 10.2 Å². The predicted molar refractivity (Wildman–Crippen MR) is 70.2 cm³/mol. The Morgan fingerprint density at radius 1 is 1.47 bits per heavy atom. The summed E-state index contributed by atoms with van der Waals surface area (Å²) in [5.41, 5.74) is 2.55. The molecule has 1 N–H and O–H groups in total. The molecule has 0 aromatic heterocycles. The Hall–Kier alpha value is -1.51. The van der Waals surface area contributed by atoms with Crippen molar-refractivity contribution in [2.75, 3.05) is 11.4 Å². The van der Waals surface area contributed by atoms with Crippen LogP contribution in [0.4, 0.5) is 5.69 Å². The molecule has 1 unspecified atom stereocenters. The topological polar surface area (TPSA) is 32.3 Å². The number of rotatable bonds is 3. The third kappa shape index (κ3) is 2.60. The summed E-state index contributed by atoms with van der Waals surface area (Å²) in [5.74, 6) is 0.101. The molecule has 0 saturated carbocycles. The van der Waals surface area contributed by atoms with Crippen molar-refractivity contribution in [3.63, 3.8) is 0 Å². The molecule has 1 aliphatic heterocycles. The molecule has 0 spiro atoms. The van der Waals surface area contributed by atoms with Gasteiger partial charge in [-0.25, -0.2) is 0 Å². The third-order valence-corrected chi connectivity index (χ3v) is 3.11. The van der Waals surface area contributed by atoms with Crippen molar-refractivity contribution in [2.45, 2.75) is 39.3 Å². The standard InChI is InChI=1S/C14H20N2O/c1-10(2)15-14(17)9-16-11(3)8-12-6-4-5-7-13(12)16/h4-7,10-11H,8-9H2,1-3H3,(H,15,17). The normalized spacial score (nSPS) is 18.4. The number of benzene rings is 1. The van der Waals surface area contributed by atoms with E-state index in [1.54, 1.807) is 0 Å². The maximum Gasteiger partial charge on any atom is 0.239 e. The van der Waals surface area contributed by atoms with Gasteiger partial charge in [-0.1, -0.05) is 18.2 Å². The Morgan fingerprint density at radius 3 is 2.88 bits per heavy atom. The molecule has 3 nitrogen and oxygen atoms in total. The quantitative estimate of drug-likeness (QED) is 0.864. The molecular weight excluding hydrogens is 212 g/mol. The molecule has 0 bridgehead atoms. The smallest absolute Gasteiger partial charge is 0.239 e. The van der Waals surface area contributed by atoms with Crippen LogP contribution in [-0.2, 0) is 11.2 Å². The van der Waals surface area contributed by atoms with E-state index in [-0.39, 0.29) is 11.9 Å². The van der Waals surface area contributed by atoms with Gasteiger partial charge in [0.25, 0.3) is 0 Å². The summed E-state index contributed by atoms with van der Waals surface area (Å²) in [6, 6.07) is 8.95. The minimum Gasteiger partial charge on any atom is -0.359 e. The molecule has 1 amide bonds. The summed E-state index contributed by atoms with van der Waals surface area (Å²) in [4.78, 5) is 14.0. The van der Waals surface area contributed by atoms with Crippen molar-refractivity contribution in [1.29, 1.82) is 0 Å². The minimum atomic E-state index is 0.101. The van der Waals surface area contributed by atoms with Gasteiger partial charge in [-0.05, 0) is 38.8 Å². The summed E-state index contributed by atoms with van der Waals surface area (Å²) in [7, 11) is 0. The molecule has 1 aromatic rings. The molecule has 0 aliphatic carbocycles. The largest absolute Gasteiger partial charge is 0.359 e. The van der Waals surface area contributed by atoms with Crippen LogP contribution in [0.15, 0.2) is 24.3 Å². The molecule has 0 saturated heterocycles. The predicted octanol–water partition coefficient (Wildman–Crippen LogP) is 1.96. The molecule has 1 atom stereocenters. The highest BCUT2D eigenvalue weighted by Gasteiger charge is 2.26. The van der Waals surface area contributed by atoms with Gasteiger partial charge in [-0.15, -0.1) is 0 Å². The second-order valence-corrected chi connectivity index (χ2v) is 5.03. The van der Waals surface area contributed by atoms with Crippen molar-refractivity contribution in [3.8, 4) is 0 Å². The molecule has 3 heteroatoms. The monoisotopic (exact) mass is 232 g/mol. The lowest BCUT2D eigenvalue weighted by atomic mass is 10.1. The van der Waals surface area contributed by atoms with Gasteiger partial charge in [0.1, 0.15) is 0 Å². The number of fused-ring (bicyclic) bond motifs is 1. The van der Waals surface area contributed by atoms with Crippen LogP contribution in [0, 0.1) is 0 Å². The fourth-order valence-corrected chi connectivity index (χ4v) is 2.39. The number of amides is 1. The Bertz CT molecular complexity index is 414. The average Bonchev–Trinajstić information content (AvgIpc) is 2.55. The third-order valence-electron chi connectivity index (χ3n) is 3.11. The molecule has 2 rings (SSSR count). The number of nitrogens with one attached hydrogen (secondary N) is 1. The zero-order chi connectivity index (χ0) is 12.4. The van der Waals surface area contributed by atoms with Gasteiger partial charge in [0.05, 0.1) is 6.54 Å². The van der Waals surface area contributed by atoms with Crippen LogP contribution in [0.2, 0.25) is 0 Å². The van der Waals surface area contributed by atoms with E-state index in [0.29, 0.717) is 12.6 Å². The fraction of sp³-hybridized carbons (Fsp3) is 0.500. The Morgan fingerprint density at radius 2 is 2.18 bits per heavy atom. The average molecular weight is 232 g/mol. The Kier molecular flexibility index (Phi) is 3.36. The van der Waals surface area contributed by atoms with E-state index in [4.69, 9.17) is 0 Å². The maximum absolute atomic E-state index is 11.8. The van der Waals surface area contributed by atoms with Crippen molar-refractivity contribution < 1.29 is 4.79 Å². The van der Waals surface area contributed by atoms with Crippen LogP contribution in [0.1, 0.15) is 26.3 Å². The number of hydrogen-bond acceptors (Lipinski definition) is 2. The van der Waals surface area contributed by atoms with Crippen molar-refractivity contribution >= 4 is 11.6 Å². The second-order valence-electron chi connectivity index (χ2n) is 5.03. The first-order valence-corrected chi connectivity index (χ1v) is 6.22. The lowest BCUT2D eigenvalue weighted by molar-refractivity contribution is -0.120. The van der Waals surface area contributed by atoms with E-state index in [1.165, 1.54) is 11.3 Å². The van der Waals surface area contributed by atoms with Crippen LogP contribution >= 0.6 is 0 Å². The molecule has 0 radical (unpaired) electrons. The number of carbonyl (C=O) groups is 1. The van der Waals surface area contributed by atoms with Crippen LogP contribution in [-0.4, -0.2) is 24.5 Å². The summed E-state index contributed by atoms with van der Waals surface area (Å²) >= 11 is 0. The first-order chi connectivity index (χ1) is 8.08. The highest BCUT2D eigenvalue weighted by Crippen LogP contribution is 2.31. The van der Waals surface area contributed by atoms with E-state index in [0.717, 1.165) is 6.42 Å². The SMILES string of the molecule is CC(C)NC(=O)CN1c2ccccc2CC1C. The number of hydrogen-bond donors (Lipinski definition) is 1. The van der Waals surface area contributed by atoms with Crippen molar-refractivity contribution in [1.82, 2.24) is 5.32 Å². The van der Waals surface area contributed by atoms with E-state index >= 15 is 0 Å². The van der Waals surface area contributed by atoms with Crippen molar-refractivity contribution in [3.05, 3.63) is 29.8 Å². The van der Waals surface area contributed by atoms with Gasteiger partial charge in [0.2, 0.25) is 5.91 Å². The van der Waals surface area contributed by atoms with Crippen molar-refractivity contribution in [2.24, 2.45) is 0 Å². The number of anilines is 1. The summed E-state index contributed by atoms with van der Waals surface area (Å²) in [5, 5.41) is 2.94. The van der Waals surface area contributed by atoms with Gasteiger partial charge < -0.3 is 10.2 Å². The second kappa shape index (κ2) is 4.78. The molecule has 0 fully saturated rings. The van der Waals surface area contributed by atoms with E-state index < -0.39 is 0 Å². The minimum absolute atomic E-state index is 0.101. The number of nitrogens with zero attached hydrogens (tertiary/aromatic N) is 1. The van der Waals surface area contributed by atoms with Gasteiger partial charge in [-0.3, -0.25) is 4.79 Å². The molecule has 1 heterocycles. The van der Waals surface area contributed by atoms with Gasteiger partial charge in [0.15, 0.2) is 0 Å². The van der Waals surface area contributed by atoms with Gasteiger partial charge in [-0.2, -0.15) is 0 Å². The maximum atomic E-state index is 11.8. The first-order valence-electron chi connectivity index (χ1n) is 6.22. The zero-order valence-corrected chi connectivity index (χ0v) is 10.7. The Labute approximate surface area is 103 Å². The van der Waals surface area contributed by atoms with Gasteiger partial charge >= 0.3 is 0 Å². The summed E-state index contributed by atoms with van der Waals surface area (Å²) in [6.45, 7) is 6.59. The van der Waals surface area contributed by atoms with Crippen LogP contribution in [0.25, 0.3) is 0 Å².